The summed E-state index contributed by atoms with van der Waals surface area (Å²) in [4.78, 5) is 11.3. The average Bonchev–Trinajstić information content (AvgIpc) is 2.15. The van der Waals surface area contributed by atoms with Crippen LogP contribution in [0.4, 0.5) is 5.69 Å². The number of benzene rings is 1. The summed E-state index contributed by atoms with van der Waals surface area (Å²) in [5.74, 6) is 0.347. The van der Waals surface area contributed by atoms with Crippen LogP contribution in [0.25, 0.3) is 0 Å². The Labute approximate surface area is 79.0 Å². The molecule has 0 heterocycles. The highest BCUT2D eigenvalue weighted by Crippen LogP contribution is 2.05. The summed E-state index contributed by atoms with van der Waals surface area (Å²) in [6.07, 6.45) is 0. The van der Waals surface area contributed by atoms with Crippen LogP contribution in [0, 0.1) is 5.92 Å². The number of Topliss-reactive ketones (excluding diaryl/α,β-unsaturated/α-hetero) is 1. The first kappa shape index (κ1) is 9.78. The highest BCUT2D eigenvalue weighted by Gasteiger charge is 2.05. The molecule has 2 heteroatoms. The highest BCUT2D eigenvalue weighted by molar-refractivity contribution is 5.84. The summed E-state index contributed by atoms with van der Waals surface area (Å²) < 4.78 is 0. The van der Waals surface area contributed by atoms with Crippen molar-refractivity contribution in [3.63, 3.8) is 0 Å². The van der Waals surface area contributed by atoms with E-state index < -0.39 is 0 Å². The molecule has 0 aliphatic carbocycles. The molecule has 0 fully saturated rings. The van der Waals surface area contributed by atoms with Crippen molar-refractivity contribution in [1.82, 2.24) is 0 Å². The van der Waals surface area contributed by atoms with Gasteiger partial charge in [0.25, 0.3) is 0 Å². The number of para-hydroxylation sites is 1. The van der Waals surface area contributed by atoms with E-state index in [0.717, 1.165) is 5.69 Å². The molecule has 0 saturated heterocycles. The maximum atomic E-state index is 11.3. The molecule has 1 aromatic rings. The number of hydrogen-bond acceptors (Lipinski definition) is 2. The first-order valence-corrected chi connectivity index (χ1v) is 4.52. The summed E-state index contributed by atoms with van der Waals surface area (Å²) in [5, 5.41) is 3.08. The van der Waals surface area contributed by atoms with Gasteiger partial charge in [-0.15, -0.1) is 0 Å². The van der Waals surface area contributed by atoms with Crippen molar-refractivity contribution in [2.75, 3.05) is 11.9 Å². The highest BCUT2D eigenvalue weighted by atomic mass is 16.1. The Bertz CT molecular complexity index is 267. The molecule has 70 valence electrons. The van der Waals surface area contributed by atoms with Gasteiger partial charge in [0.1, 0.15) is 0 Å². The van der Waals surface area contributed by atoms with Crippen LogP contribution in [0.5, 0.6) is 0 Å². The van der Waals surface area contributed by atoms with E-state index >= 15 is 0 Å². The molecular formula is C11H15NO. The number of anilines is 1. The fraction of sp³-hybridized carbons (Fsp3) is 0.364. The summed E-state index contributed by atoms with van der Waals surface area (Å²) >= 11 is 0. The van der Waals surface area contributed by atoms with Crippen molar-refractivity contribution < 1.29 is 4.79 Å². The van der Waals surface area contributed by atoms with Crippen LogP contribution in [0.3, 0.4) is 0 Å². The monoisotopic (exact) mass is 177 g/mol. The Hall–Kier alpha value is -1.31. The van der Waals surface area contributed by atoms with Crippen molar-refractivity contribution in [3.8, 4) is 0 Å². The Balaban J connectivity index is 2.40. The Kier molecular flexibility index (Phi) is 3.50. The minimum Gasteiger partial charge on any atom is -0.378 e. The van der Waals surface area contributed by atoms with Gasteiger partial charge >= 0.3 is 0 Å². The van der Waals surface area contributed by atoms with Crippen LogP contribution >= 0.6 is 0 Å². The third-order valence-electron chi connectivity index (χ3n) is 1.88. The Morgan fingerprint density at radius 3 is 2.46 bits per heavy atom. The van der Waals surface area contributed by atoms with Crippen LogP contribution in [0.15, 0.2) is 30.3 Å². The van der Waals surface area contributed by atoms with E-state index in [0.29, 0.717) is 6.54 Å². The topological polar surface area (TPSA) is 29.1 Å². The smallest absolute Gasteiger partial charge is 0.154 e. The molecule has 0 unspecified atom stereocenters. The molecule has 0 bridgehead atoms. The van der Waals surface area contributed by atoms with Crippen LogP contribution in [-0.2, 0) is 4.79 Å². The van der Waals surface area contributed by atoms with Crippen LogP contribution in [0.2, 0.25) is 0 Å². The molecule has 13 heavy (non-hydrogen) atoms. The summed E-state index contributed by atoms with van der Waals surface area (Å²) in [5.41, 5.74) is 0.997. The zero-order chi connectivity index (χ0) is 9.68. The van der Waals surface area contributed by atoms with Crippen molar-refractivity contribution in [1.29, 1.82) is 0 Å². The predicted octanol–water partition coefficient (Wildman–Crippen LogP) is 2.32. The molecule has 0 aliphatic heterocycles. The second kappa shape index (κ2) is 4.65. The first-order valence-electron chi connectivity index (χ1n) is 4.52. The molecule has 0 atom stereocenters. The molecule has 0 spiro atoms. The lowest BCUT2D eigenvalue weighted by atomic mass is 10.1. The maximum Gasteiger partial charge on any atom is 0.154 e. The van der Waals surface area contributed by atoms with Gasteiger partial charge in [-0.1, -0.05) is 32.0 Å². The van der Waals surface area contributed by atoms with Crippen LogP contribution in [0.1, 0.15) is 13.8 Å². The van der Waals surface area contributed by atoms with E-state index in [4.69, 9.17) is 0 Å². The minimum atomic E-state index is 0.108. The number of ketones is 1. The zero-order valence-corrected chi connectivity index (χ0v) is 8.08. The fourth-order valence-corrected chi connectivity index (χ4v) is 0.949. The second-order valence-electron chi connectivity index (χ2n) is 3.34. The lowest BCUT2D eigenvalue weighted by Gasteiger charge is -2.06. The van der Waals surface area contributed by atoms with Gasteiger partial charge in [0, 0.05) is 11.6 Å². The predicted molar refractivity (Wildman–Crippen MR) is 54.8 cm³/mol. The normalized spacial score (nSPS) is 10.1. The van der Waals surface area contributed by atoms with E-state index in [-0.39, 0.29) is 11.7 Å². The quantitative estimate of drug-likeness (QED) is 0.764. The third-order valence-corrected chi connectivity index (χ3v) is 1.88. The Morgan fingerprint density at radius 2 is 1.92 bits per heavy atom. The first-order chi connectivity index (χ1) is 6.20. The molecule has 1 rings (SSSR count). The fourth-order valence-electron chi connectivity index (χ4n) is 0.949. The van der Waals surface area contributed by atoms with Gasteiger partial charge in [0.15, 0.2) is 5.78 Å². The van der Waals surface area contributed by atoms with E-state index in [1.54, 1.807) is 0 Å². The molecule has 1 N–H and O–H groups in total. The minimum absolute atomic E-state index is 0.108. The van der Waals surface area contributed by atoms with E-state index in [2.05, 4.69) is 5.32 Å². The molecule has 2 nitrogen and oxygen atoms in total. The summed E-state index contributed by atoms with van der Waals surface area (Å²) in [7, 11) is 0. The molecule has 0 amide bonds. The van der Waals surface area contributed by atoms with Crippen molar-refractivity contribution in [2.45, 2.75) is 13.8 Å². The standard InChI is InChI=1S/C11H15NO/c1-9(2)11(13)8-12-10-6-4-3-5-7-10/h3-7,9,12H,8H2,1-2H3. The largest absolute Gasteiger partial charge is 0.378 e. The van der Waals surface area contributed by atoms with Gasteiger partial charge in [-0.25, -0.2) is 0 Å². The van der Waals surface area contributed by atoms with Gasteiger partial charge in [-0.2, -0.15) is 0 Å². The number of hydrogen-bond donors (Lipinski definition) is 1. The van der Waals surface area contributed by atoms with Gasteiger partial charge in [0.05, 0.1) is 6.54 Å². The Morgan fingerprint density at radius 1 is 1.31 bits per heavy atom. The van der Waals surface area contributed by atoms with Gasteiger partial charge in [0.2, 0.25) is 0 Å². The third kappa shape index (κ3) is 3.28. The van der Waals surface area contributed by atoms with Crippen LogP contribution in [-0.4, -0.2) is 12.3 Å². The molecule has 0 radical (unpaired) electrons. The summed E-state index contributed by atoms with van der Waals surface area (Å²) in [6.45, 7) is 4.24. The van der Waals surface area contributed by atoms with Gasteiger partial charge in [-0.05, 0) is 12.1 Å². The molecule has 0 aliphatic rings. The van der Waals surface area contributed by atoms with E-state index in [1.807, 2.05) is 44.2 Å². The van der Waals surface area contributed by atoms with Gasteiger partial charge in [-0.3, -0.25) is 4.79 Å². The average molecular weight is 177 g/mol. The number of carbonyl (C=O) groups excluding carboxylic acids is 1. The van der Waals surface area contributed by atoms with Crippen molar-refractivity contribution in [2.24, 2.45) is 5.92 Å². The molecular weight excluding hydrogens is 162 g/mol. The van der Waals surface area contributed by atoms with Gasteiger partial charge < -0.3 is 5.32 Å². The second-order valence-corrected chi connectivity index (χ2v) is 3.34. The number of rotatable bonds is 4. The number of nitrogens with one attached hydrogen (secondary N) is 1. The SMILES string of the molecule is CC(C)C(=O)CNc1ccccc1. The summed E-state index contributed by atoms with van der Waals surface area (Å²) in [6, 6.07) is 9.75. The van der Waals surface area contributed by atoms with Crippen molar-refractivity contribution in [3.05, 3.63) is 30.3 Å². The maximum absolute atomic E-state index is 11.3. The molecule has 0 aromatic heterocycles. The number of carbonyl (C=O) groups is 1. The van der Waals surface area contributed by atoms with Crippen LogP contribution < -0.4 is 5.32 Å². The lowest BCUT2D eigenvalue weighted by molar-refractivity contribution is -0.120. The van der Waals surface area contributed by atoms with Crippen molar-refractivity contribution >= 4 is 11.5 Å². The van der Waals surface area contributed by atoms with E-state index in [1.165, 1.54) is 0 Å². The lowest BCUT2D eigenvalue weighted by Crippen LogP contribution is -2.18. The zero-order valence-electron chi connectivity index (χ0n) is 8.08. The molecule has 0 saturated carbocycles. The van der Waals surface area contributed by atoms with E-state index in [9.17, 15) is 4.79 Å². The molecule has 1 aromatic carbocycles.